The Morgan fingerprint density at radius 1 is 1.26 bits per heavy atom. The van der Waals surface area contributed by atoms with Crippen LogP contribution in [0.3, 0.4) is 0 Å². The zero-order valence-corrected chi connectivity index (χ0v) is 13.0. The summed E-state index contributed by atoms with van der Waals surface area (Å²) >= 11 is 0. The molecule has 2 heterocycles. The van der Waals surface area contributed by atoms with Gasteiger partial charge in [-0.1, -0.05) is 25.1 Å². The van der Waals surface area contributed by atoms with E-state index in [9.17, 15) is 9.59 Å². The number of hydrogen-bond acceptors (Lipinski definition) is 3. The summed E-state index contributed by atoms with van der Waals surface area (Å²) in [6.45, 7) is 2.50. The third-order valence-electron chi connectivity index (χ3n) is 4.07. The Bertz CT molecular complexity index is 698. The number of aromatic nitrogens is 1. The van der Waals surface area contributed by atoms with E-state index in [4.69, 9.17) is 0 Å². The van der Waals surface area contributed by atoms with Gasteiger partial charge in [-0.05, 0) is 36.2 Å². The highest BCUT2D eigenvalue weighted by Gasteiger charge is 2.35. The quantitative estimate of drug-likeness (QED) is 0.944. The summed E-state index contributed by atoms with van der Waals surface area (Å²) in [4.78, 5) is 30.3. The molecule has 0 radical (unpaired) electrons. The maximum atomic E-state index is 12.3. The summed E-state index contributed by atoms with van der Waals surface area (Å²) in [6.07, 6.45) is 2.81. The van der Waals surface area contributed by atoms with Crippen LogP contribution in [-0.4, -0.2) is 23.3 Å². The minimum atomic E-state index is -0.352. The zero-order chi connectivity index (χ0) is 16.2. The molecule has 3 rings (SSSR count). The Morgan fingerprint density at radius 3 is 2.70 bits per heavy atom. The van der Waals surface area contributed by atoms with E-state index < -0.39 is 0 Å². The molecule has 23 heavy (non-hydrogen) atoms. The van der Waals surface area contributed by atoms with Gasteiger partial charge in [-0.2, -0.15) is 0 Å². The fraction of sp³-hybridized carbons (Fsp3) is 0.278. The summed E-state index contributed by atoms with van der Waals surface area (Å²) in [5.41, 5.74) is 2.07. The predicted octanol–water partition coefficient (Wildman–Crippen LogP) is 2.64. The Hall–Kier alpha value is -2.69. The van der Waals surface area contributed by atoms with Gasteiger partial charge < -0.3 is 10.2 Å². The molecule has 0 unspecified atom stereocenters. The fourth-order valence-corrected chi connectivity index (χ4v) is 2.71. The van der Waals surface area contributed by atoms with E-state index in [1.165, 1.54) is 5.56 Å². The minimum absolute atomic E-state index is 0.0181. The molecular formula is C18H19N3O2. The molecule has 1 saturated heterocycles. The van der Waals surface area contributed by atoms with Crippen LogP contribution in [0, 0.1) is 5.92 Å². The number of amides is 2. The maximum absolute atomic E-state index is 12.3. The summed E-state index contributed by atoms with van der Waals surface area (Å²) in [7, 11) is 0. The first kappa shape index (κ1) is 15.2. The topological polar surface area (TPSA) is 62.3 Å². The van der Waals surface area contributed by atoms with E-state index >= 15 is 0 Å². The number of carbonyl (C=O) groups is 2. The molecule has 2 aromatic rings. The molecule has 118 valence electrons. The van der Waals surface area contributed by atoms with Gasteiger partial charge in [0.25, 0.3) is 0 Å². The molecule has 0 bridgehead atoms. The van der Waals surface area contributed by atoms with Gasteiger partial charge in [-0.25, -0.2) is 4.98 Å². The molecule has 5 heteroatoms. The Balaban J connectivity index is 1.67. The molecule has 0 spiro atoms. The number of carbonyl (C=O) groups excluding carboxylic acids is 2. The number of nitrogens with zero attached hydrogens (tertiary/aromatic N) is 2. The highest BCUT2D eigenvalue weighted by molar-refractivity contribution is 6.03. The van der Waals surface area contributed by atoms with Crippen LogP contribution < -0.4 is 10.2 Å². The normalized spacial score (nSPS) is 17.3. The summed E-state index contributed by atoms with van der Waals surface area (Å²) in [5, 5.41) is 2.77. The van der Waals surface area contributed by atoms with Crippen LogP contribution in [0.1, 0.15) is 18.9 Å². The highest BCUT2D eigenvalue weighted by atomic mass is 16.2. The van der Waals surface area contributed by atoms with Gasteiger partial charge in [0.05, 0.1) is 5.92 Å². The second-order valence-corrected chi connectivity index (χ2v) is 5.63. The van der Waals surface area contributed by atoms with Crippen molar-refractivity contribution in [1.82, 2.24) is 4.98 Å². The molecule has 1 fully saturated rings. The van der Waals surface area contributed by atoms with Gasteiger partial charge in [0.1, 0.15) is 5.82 Å². The van der Waals surface area contributed by atoms with Crippen LogP contribution in [0.5, 0.6) is 0 Å². The first-order chi connectivity index (χ1) is 11.2. The van der Waals surface area contributed by atoms with Crippen molar-refractivity contribution in [2.24, 2.45) is 5.92 Å². The molecule has 1 aromatic carbocycles. The van der Waals surface area contributed by atoms with Crippen molar-refractivity contribution in [3.05, 3.63) is 54.2 Å². The van der Waals surface area contributed by atoms with Gasteiger partial charge >= 0.3 is 0 Å². The molecule has 1 N–H and O–H groups in total. The third kappa shape index (κ3) is 3.39. The molecular weight excluding hydrogens is 290 g/mol. The summed E-state index contributed by atoms with van der Waals surface area (Å²) in [6, 6.07) is 13.2. The Labute approximate surface area is 135 Å². The molecule has 1 aliphatic rings. The van der Waals surface area contributed by atoms with E-state index in [0.29, 0.717) is 12.4 Å². The molecule has 1 aromatic heterocycles. The molecule has 5 nitrogen and oxygen atoms in total. The largest absolute Gasteiger partial charge is 0.312 e. The summed E-state index contributed by atoms with van der Waals surface area (Å²) in [5.74, 6) is -0.0220. The second kappa shape index (κ2) is 6.60. The van der Waals surface area contributed by atoms with E-state index in [1.54, 1.807) is 23.2 Å². The molecule has 2 amide bonds. The van der Waals surface area contributed by atoms with Crippen LogP contribution in [-0.2, 0) is 16.0 Å². The van der Waals surface area contributed by atoms with Gasteiger partial charge in [0.2, 0.25) is 11.8 Å². The smallest absolute Gasteiger partial charge is 0.230 e. The second-order valence-electron chi connectivity index (χ2n) is 5.63. The van der Waals surface area contributed by atoms with Crippen LogP contribution in [0.4, 0.5) is 11.5 Å². The van der Waals surface area contributed by atoms with Gasteiger partial charge in [0.15, 0.2) is 0 Å². The van der Waals surface area contributed by atoms with Crippen molar-refractivity contribution < 1.29 is 9.59 Å². The number of hydrogen-bond donors (Lipinski definition) is 1. The zero-order valence-electron chi connectivity index (χ0n) is 13.0. The lowest BCUT2D eigenvalue weighted by Crippen LogP contribution is -2.28. The number of nitrogens with one attached hydrogen (secondary N) is 1. The first-order valence-corrected chi connectivity index (χ1v) is 7.78. The van der Waals surface area contributed by atoms with Crippen molar-refractivity contribution in [1.29, 1.82) is 0 Å². The minimum Gasteiger partial charge on any atom is -0.312 e. The Kier molecular flexibility index (Phi) is 4.37. The van der Waals surface area contributed by atoms with E-state index in [1.807, 2.05) is 30.3 Å². The lowest BCUT2D eigenvalue weighted by Gasteiger charge is -2.17. The van der Waals surface area contributed by atoms with E-state index in [0.717, 1.165) is 12.1 Å². The number of benzene rings is 1. The lowest BCUT2D eigenvalue weighted by molar-refractivity contribution is -0.122. The number of aryl methyl sites for hydroxylation is 1. The molecule has 1 atom stereocenters. The first-order valence-electron chi connectivity index (χ1n) is 7.78. The van der Waals surface area contributed by atoms with Crippen molar-refractivity contribution in [2.75, 3.05) is 16.8 Å². The van der Waals surface area contributed by atoms with Crippen LogP contribution >= 0.6 is 0 Å². The predicted molar refractivity (Wildman–Crippen MR) is 89.1 cm³/mol. The number of pyridine rings is 1. The van der Waals surface area contributed by atoms with E-state index in [-0.39, 0.29) is 24.2 Å². The van der Waals surface area contributed by atoms with Crippen LogP contribution in [0.15, 0.2) is 48.7 Å². The average Bonchev–Trinajstić information content (AvgIpc) is 2.98. The molecule has 0 aliphatic carbocycles. The Morgan fingerprint density at radius 2 is 2.04 bits per heavy atom. The SMILES string of the molecule is CCc1ccc(N2C[C@H](C(=O)Nc3ccccn3)CC2=O)cc1. The number of anilines is 2. The van der Waals surface area contributed by atoms with Gasteiger partial charge in [0, 0.05) is 24.8 Å². The monoisotopic (exact) mass is 309 g/mol. The fourth-order valence-electron chi connectivity index (χ4n) is 2.71. The lowest BCUT2D eigenvalue weighted by atomic mass is 10.1. The van der Waals surface area contributed by atoms with Gasteiger partial charge in [-0.15, -0.1) is 0 Å². The maximum Gasteiger partial charge on any atom is 0.230 e. The van der Waals surface area contributed by atoms with Crippen molar-refractivity contribution in [2.45, 2.75) is 19.8 Å². The van der Waals surface area contributed by atoms with Crippen molar-refractivity contribution >= 4 is 23.3 Å². The van der Waals surface area contributed by atoms with Crippen LogP contribution in [0.2, 0.25) is 0 Å². The van der Waals surface area contributed by atoms with Crippen molar-refractivity contribution in [3.8, 4) is 0 Å². The van der Waals surface area contributed by atoms with E-state index in [2.05, 4.69) is 17.2 Å². The third-order valence-corrected chi connectivity index (χ3v) is 4.07. The summed E-state index contributed by atoms with van der Waals surface area (Å²) < 4.78 is 0. The number of rotatable bonds is 4. The molecule has 0 saturated carbocycles. The highest BCUT2D eigenvalue weighted by Crippen LogP contribution is 2.26. The van der Waals surface area contributed by atoms with Crippen LogP contribution in [0.25, 0.3) is 0 Å². The standard InChI is InChI=1S/C18H19N3O2/c1-2-13-6-8-15(9-7-13)21-12-14(11-17(21)22)18(23)20-16-5-3-4-10-19-16/h3-10,14H,2,11-12H2,1H3,(H,19,20,23)/t14-/m1/s1. The van der Waals surface area contributed by atoms with Gasteiger partial charge in [-0.3, -0.25) is 9.59 Å². The average molecular weight is 309 g/mol. The molecule has 1 aliphatic heterocycles. The van der Waals surface area contributed by atoms with Crippen molar-refractivity contribution in [3.63, 3.8) is 0 Å².